The van der Waals surface area contributed by atoms with Crippen LogP contribution in [0.3, 0.4) is 0 Å². The smallest absolute Gasteiger partial charge is 0.191 e. The molecule has 2 N–H and O–H groups in total. The van der Waals surface area contributed by atoms with Crippen molar-refractivity contribution in [3.8, 4) is 0 Å². The van der Waals surface area contributed by atoms with Gasteiger partial charge in [0.2, 0.25) is 0 Å². The number of nitrogens with zero attached hydrogens (tertiary/aromatic N) is 2. The highest BCUT2D eigenvalue weighted by atomic mass is 32.1. The average Bonchev–Trinajstić information content (AvgIpc) is 2.84. The standard InChI is InChI=1S/C17H23FN4S/c1-10-6-7-14(8-15(10)18)12(3)22-17(19-5)20-9-16-21-11(2)13(4)23-16/h6-8,12H,9H2,1-5H3,(H2,19,20,22). The topological polar surface area (TPSA) is 49.3 Å². The van der Waals surface area contributed by atoms with E-state index in [4.69, 9.17) is 0 Å². The van der Waals surface area contributed by atoms with Crippen LogP contribution in [0.25, 0.3) is 0 Å². The molecule has 0 fully saturated rings. The minimum absolute atomic E-state index is 0.0453. The first-order chi connectivity index (χ1) is 10.9. The Labute approximate surface area is 140 Å². The van der Waals surface area contributed by atoms with Crippen molar-refractivity contribution in [2.75, 3.05) is 7.05 Å². The number of halogens is 1. The van der Waals surface area contributed by atoms with Gasteiger partial charge in [-0.3, -0.25) is 4.99 Å². The van der Waals surface area contributed by atoms with Crippen LogP contribution in [-0.2, 0) is 6.54 Å². The van der Waals surface area contributed by atoms with Gasteiger partial charge in [0, 0.05) is 11.9 Å². The van der Waals surface area contributed by atoms with Crippen LogP contribution in [-0.4, -0.2) is 18.0 Å². The number of rotatable bonds is 4. The largest absolute Gasteiger partial charge is 0.350 e. The summed E-state index contributed by atoms with van der Waals surface area (Å²) in [5.74, 6) is 0.483. The molecule has 1 heterocycles. The molecular weight excluding hydrogens is 311 g/mol. The van der Waals surface area contributed by atoms with Crippen LogP contribution in [0.4, 0.5) is 4.39 Å². The monoisotopic (exact) mass is 334 g/mol. The van der Waals surface area contributed by atoms with E-state index in [0.29, 0.717) is 18.1 Å². The summed E-state index contributed by atoms with van der Waals surface area (Å²) in [6.45, 7) is 8.44. The molecule has 6 heteroatoms. The second kappa shape index (κ2) is 7.55. The van der Waals surface area contributed by atoms with Crippen LogP contribution in [0.2, 0.25) is 0 Å². The Balaban J connectivity index is 1.97. The van der Waals surface area contributed by atoms with Crippen LogP contribution < -0.4 is 10.6 Å². The summed E-state index contributed by atoms with van der Waals surface area (Å²) in [7, 11) is 1.72. The molecule has 0 amide bonds. The molecule has 124 valence electrons. The summed E-state index contributed by atoms with van der Waals surface area (Å²) in [4.78, 5) is 9.94. The third-order valence-electron chi connectivity index (χ3n) is 3.75. The van der Waals surface area contributed by atoms with E-state index in [1.54, 1.807) is 37.4 Å². The maximum absolute atomic E-state index is 13.7. The lowest BCUT2D eigenvalue weighted by atomic mass is 10.1. The van der Waals surface area contributed by atoms with Crippen molar-refractivity contribution in [2.45, 2.75) is 40.3 Å². The molecule has 2 rings (SSSR count). The van der Waals surface area contributed by atoms with Crippen molar-refractivity contribution in [3.05, 3.63) is 50.7 Å². The first-order valence-corrected chi connectivity index (χ1v) is 8.38. The number of nitrogens with one attached hydrogen (secondary N) is 2. The van der Waals surface area contributed by atoms with Crippen molar-refractivity contribution < 1.29 is 4.39 Å². The SMILES string of the molecule is CN=C(NCc1nc(C)c(C)s1)NC(C)c1ccc(C)c(F)c1. The average molecular weight is 334 g/mol. The van der Waals surface area contributed by atoms with Gasteiger partial charge in [-0.15, -0.1) is 11.3 Å². The summed E-state index contributed by atoms with van der Waals surface area (Å²) >= 11 is 1.68. The zero-order valence-electron chi connectivity index (χ0n) is 14.2. The van der Waals surface area contributed by atoms with Gasteiger partial charge in [0.1, 0.15) is 10.8 Å². The third-order valence-corrected chi connectivity index (χ3v) is 4.83. The van der Waals surface area contributed by atoms with E-state index in [0.717, 1.165) is 16.3 Å². The van der Waals surface area contributed by atoms with Crippen molar-refractivity contribution in [1.82, 2.24) is 15.6 Å². The van der Waals surface area contributed by atoms with E-state index in [1.807, 2.05) is 19.9 Å². The number of hydrogen-bond donors (Lipinski definition) is 2. The van der Waals surface area contributed by atoms with Crippen LogP contribution in [0, 0.1) is 26.6 Å². The fourth-order valence-corrected chi connectivity index (χ4v) is 3.01. The molecule has 0 saturated heterocycles. The number of benzene rings is 1. The fourth-order valence-electron chi connectivity index (χ4n) is 2.14. The number of aliphatic imine (C=N–C) groups is 1. The summed E-state index contributed by atoms with van der Waals surface area (Å²) in [5, 5.41) is 7.54. The molecular formula is C17H23FN4S. The lowest BCUT2D eigenvalue weighted by Gasteiger charge is -2.18. The molecule has 23 heavy (non-hydrogen) atoms. The normalized spacial score (nSPS) is 13.0. The van der Waals surface area contributed by atoms with Crippen molar-refractivity contribution >= 4 is 17.3 Å². The predicted molar refractivity (Wildman–Crippen MR) is 94.5 cm³/mol. The van der Waals surface area contributed by atoms with E-state index in [2.05, 4.69) is 27.5 Å². The zero-order chi connectivity index (χ0) is 17.0. The van der Waals surface area contributed by atoms with Gasteiger partial charge in [0.05, 0.1) is 18.3 Å². The maximum atomic E-state index is 13.7. The quantitative estimate of drug-likeness (QED) is 0.663. The predicted octanol–water partition coefficient (Wildman–Crippen LogP) is 3.63. The molecule has 2 aromatic rings. The van der Waals surface area contributed by atoms with Crippen LogP contribution in [0.5, 0.6) is 0 Å². The van der Waals surface area contributed by atoms with Crippen LogP contribution >= 0.6 is 11.3 Å². The summed E-state index contributed by atoms with van der Waals surface area (Å²) in [6.07, 6.45) is 0. The Bertz CT molecular complexity index is 689. The maximum Gasteiger partial charge on any atom is 0.191 e. The van der Waals surface area contributed by atoms with E-state index in [9.17, 15) is 4.39 Å². The van der Waals surface area contributed by atoms with E-state index < -0.39 is 0 Å². The Hall–Kier alpha value is -1.95. The minimum Gasteiger partial charge on any atom is -0.350 e. The molecule has 1 aromatic heterocycles. The van der Waals surface area contributed by atoms with Crippen LogP contribution in [0.15, 0.2) is 23.2 Å². The van der Waals surface area contributed by atoms with Gasteiger partial charge < -0.3 is 10.6 Å². The molecule has 0 saturated carbocycles. The van der Waals surface area contributed by atoms with Gasteiger partial charge in [-0.1, -0.05) is 12.1 Å². The van der Waals surface area contributed by atoms with E-state index in [1.165, 1.54) is 4.88 Å². The molecule has 0 spiro atoms. The summed E-state index contributed by atoms with van der Waals surface area (Å²) < 4.78 is 13.7. The minimum atomic E-state index is -0.187. The number of aryl methyl sites for hydroxylation is 3. The first kappa shape index (κ1) is 17.4. The highest BCUT2D eigenvalue weighted by Crippen LogP contribution is 2.17. The Morgan fingerprint density at radius 1 is 1.35 bits per heavy atom. The van der Waals surface area contributed by atoms with Gasteiger partial charge in [-0.25, -0.2) is 9.37 Å². The molecule has 1 aromatic carbocycles. The lowest BCUT2D eigenvalue weighted by molar-refractivity contribution is 0.607. The highest BCUT2D eigenvalue weighted by molar-refractivity contribution is 7.11. The fraction of sp³-hybridized carbons (Fsp3) is 0.412. The Kier molecular flexibility index (Phi) is 5.71. The molecule has 0 aliphatic rings. The zero-order valence-corrected chi connectivity index (χ0v) is 15.0. The molecule has 0 aliphatic carbocycles. The first-order valence-electron chi connectivity index (χ1n) is 7.57. The highest BCUT2D eigenvalue weighted by Gasteiger charge is 2.10. The van der Waals surface area contributed by atoms with Crippen molar-refractivity contribution in [1.29, 1.82) is 0 Å². The lowest BCUT2D eigenvalue weighted by Crippen LogP contribution is -2.38. The van der Waals surface area contributed by atoms with Gasteiger partial charge in [-0.2, -0.15) is 0 Å². The third kappa shape index (κ3) is 4.51. The van der Waals surface area contributed by atoms with Crippen molar-refractivity contribution in [2.24, 2.45) is 4.99 Å². The number of aromatic nitrogens is 1. The molecule has 4 nitrogen and oxygen atoms in total. The van der Waals surface area contributed by atoms with E-state index >= 15 is 0 Å². The summed E-state index contributed by atoms with van der Waals surface area (Å²) in [6, 6.07) is 5.24. The van der Waals surface area contributed by atoms with E-state index in [-0.39, 0.29) is 11.9 Å². The van der Waals surface area contributed by atoms with Gasteiger partial charge in [-0.05, 0) is 44.9 Å². The summed E-state index contributed by atoms with van der Waals surface area (Å²) in [5.41, 5.74) is 2.60. The second-order valence-corrected chi connectivity index (χ2v) is 6.84. The van der Waals surface area contributed by atoms with Gasteiger partial charge in [0.15, 0.2) is 5.96 Å². The molecule has 0 bridgehead atoms. The van der Waals surface area contributed by atoms with Crippen molar-refractivity contribution in [3.63, 3.8) is 0 Å². The number of hydrogen-bond acceptors (Lipinski definition) is 3. The van der Waals surface area contributed by atoms with Gasteiger partial charge in [0.25, 0.3) is 0 Å². The molecule has 1 atom stereocenters. The van der Waals surface area contributed by atoms with Crippen LogP contribution in [0.1, 0.15) is 39.7 Å². The molecule has 1 unspecified atom stereocenters. The van der Waals surface area contributed by atoms with Gasteiger partial charge >= 0.3 is 0 Å². The molecule has 0 radical (unpaired) electrons. The Morgan fingerprint density at radius 3 is 2.65 bits per heavy atom. The number of thiazole rings is 1. The Morgan fingerprint density at radius 2 is 2.09 bits per heavy atom. The molecule has 0 aliphatic heterocycles. The second-order valence-electron chi connectivity index (χ2n) is 5.55. The number of guanidine groups is 1.